The Labute approximate surface area is 91.1 Å². The number of rotatable bonds is 2. The molecule has 1 rings (SSSR count). The molecule has 0 spiro atoms. The minimum Gasteiger partial charge on any atom is -0.269 e. The zero-order valence-corrected chi connectivity index (χ0v) is 9.64. The number of halogens is 1. The Balaban J connectivity index is 3.03. The third kappa shape index (κ3) is 2.88. The maximum Gasteiger partial charge on any atom is 0.146 e. The van der Waals surface area contributed by atoms with Crippen molar-refractivity contribution in [3.05, 3.63) is 24.0 Å². The van der Waals surface area contributed by atoms with Gasteiger partial charge in [0.15, 0.2) is 0 Å². The molecule has 0 aromatic rings. The summed E-state index contributed by atoms with van der Waals surface area (Å²) in [5, 5.41) is 0. The van der Waals surface area contributed by atoms with Crippen molar-refractivity contribution in [2.75, 3.05) is 6.54 Å². The molecule has 0 unspecified atom stereocenters. The van der Waals surface area contributed by atoms with Gasteiger partial charge in [-0.25, -0.2) is 4.99 Å². The first-order valence-electron chi connectivity index (χ1n) is 4.96. The molecule has 0 aromatic heterocycles. The van der Waals surface area contributed by atoms with E-state index in [9.17, 15) is 0 Å². The van der Waals surface area contributed by atoms with Crippen LogP contribution in [0.4, 0.5) is 0 Å². The van der Waals surface area contributed by atoms with Crippen molar-refractivity contribution in [3.63, 3.8) is 0 Å². The summed E-state index contributed by atoms with van der Waals surface area (Å²) in [7, 11) is 0. The Morgan fingerprint density at radius 2 is 2.21 bits per heavy atom. The summed E-state index contributed by atoms with van der Waals surface area (Å²) >= 11 is 6.13. The molecule has 0 radical (unpaired) electrons. The molecular formula is C11H17ClN2. The molecule has 0 bridgehead atoms. The van der Waals surface area contributed by atoms with E-state index in [4.69, 9.17) is 11.8 Å². The van der Waals surface area contributed by atoms with E-state index >= 15 is 0 Å². The van der Waals surface area contributed by atoms with Crippen molar-refractivity contribution in [2.24, 2.45) is 4.99 Å². The van der Waals surface area contributed by atoms with Gasteiger partial charge < -0.3 is 0 Å². The first-order chi connectivity index (χ1) is 6.65. The van der Waals surface area contributed by atoms with Crippen LogP contribution < -0.4 is 0 Å². The van der Waals surface area contributed by atoms with E-state index in [0.717, 1.165) is 42.9 Å². The predicted octanol–water partition coefficient (Wildman–Crippen LogP) is 3.50. The van der Waals surface area contributed by atoms with Crippen molar-refractivity contribution < 1.29 is 0 Å². The van der Waals surface area contributed by atoms with E-state index in [2.05, 4.69) is 11.6 Å². The summed E-state index contributed by atoms with van der Waals surface area (Å²) in [5.41, 5.74) is 2.17. The van der Waals surface area contributed by atoms with Crippen LogP contribution in [-0.2, 0) is 0 Å². The topological polar surface area (TPSA) is 15.6 Å². The Morgan fingerprint density at radius 1 is 1.50 bits per heavy atom. The third-order valence-corrected chi connectivity index (χ3v) is 2.47. The lowest BCUT2D eigenvalue weighted by atomic mass is 10.1. The molecule has 0 amide bonds. The van der Waals surface area contributed by atoms with E-state index < -0.39 is 0 Å². The van der Waals surface area contributed by atoms with Crippen molar-refractivity contribution in [1.82, 2.24) is 4.42 Å². The zero-order chi connectivity index (χ0) is 10.6. The molecule has 14 heavy (non-hydrogen) atoms. The van der Waals surface area contributed by atoms with Crippen molar-refractivity contribution in [3.8, 4) is 0 Å². The molecule has 1 heterocycles. The van der Waals surface area contributed by atoms with Crippen molar-refractivity contribution in [2.45, 2.75) is 33.1 Å². The van der Waals surface area contributed by atoms with Crippen LogP contribution in [0.25, 0.3) is 0 Å². The Bertz CT molecular complexity index is 275. The molecule has 0 saturated carbocycles. The molecule has 0 saturated heterocycles. The third-order valence-electron chi connectivity index (χ3n) is 2.14. The number of allylic oxidation sites excluding steroid dienone is 2. The van der Waals surface area contributed by atoms with Crippen LogP contribution in [0.3, 0.4) is 0 Å². The number of hydrogen-bond acceptors (Lipinski definition) is 2. The number of hydrogen-bond donors (Lipinski definition) is 0. The highest BCUT2D eigenvalue weighted by molar-refractivity contribution is 6.14. The Kier molecular flexibility index (Phi) is 4.21. The molecule has 0 aromatic carbocycles. The lowest BCUT2D eigenvalue weighted by molar-refractivity contribution is 0.535. The van der Waals surface area contributed by atoms with Gasteiger partial charge in [0.1, 0.15) is 5.82 Å². The van der Waals surface area contributed by atoms with Gasteiger partial charge in [0, 0.05) is 24.0 Å². The summed E-state index contributed by atoms with van der Waals surface area (Å²) in [6.45, 7) is 8.62. The zero-order valence-electron chi connectivity index (χ0n) is 8.89. The highest BCUT2D eigenvalue weighted by Gasteiger charge is 2.14. The fraction of sp³-hybridized carbons (Fsp3) is 0.545. The first-order valence-corrected chi connectivity index (χ1v) is 5.29. The second-order valence-electron chi connectivity index (χ2n) is 3.65. The van der Waals surface area contributed by atoms with Crippen LogP contribution >= 0.6 is 11.8 Å². The van der Waals surface area contributed by atoms with Crippen molar-refractivity contribution in [1.29, 1.82) is 0 Å². The van der Waals surface area contributed by atoms with E-state index in [1.165, 1.54) is 0 Å². The Hall–Kier alpha value is -0.760. The first kappa shape index (κ1) is 11.3. The minimum atomic E-state index is 0.866. The van der Waals surface area contributed by atoms with Crippen LogP contribution in [-0.4, -0.2) is 16.7 Å². The molecule has 1 aliphatic heterocycles. The predicted molar refractivity (Wildman–Crippen MR) is 62.4 cm³/mol. The molecule has 2 nitrogen and oxygen atoms in total. The molecule has 0 N–H and O–H groups in total. The van der Waals surface area contributed by atoms with Crippen LogP contribution in [0, 0.1) is 0 Å². The quantitative estimate of drug-likeness (QED) is 0.505. The second-order valence-corrected chi connectivity index (χ2v) is 4.06. The maximum atomic E-state index is 6.13. The fourth-order valence-electron chi connectivity index (χ4n) is 1.47. The molecule has 0 atom stereocenters. The van der Waals surface area contributed by atoms with Gasteiger partial charge in [-0.1, -0.05) is 12.7 Å². The normalized spacial score (nSPS) is 17.8. The SMILES string of the molecule is C=CC1=C(N=C(C)C)N(Cl)CCCC1. The summed E-state index contributed by atoms with van der Waals surface area (Å²) in [4.78, 5) is 4.45. The average molecular weight is 213 g/mol. The van der Waals surface area contributed by atoms with Crippen molar-refractivity contribution >= 4 is 17.5 Å². The standard InChI is InChI=1S/C11H17ClN2/c1-4-10-7-5-6-8-14(12)11(10)13-9(2)3/h4H,1,5-8H2,2-3H3. The molecular weight excluding hydrogens is 196 g/mol. The molecule has 1 aliphatic rings. The van der Waals surface area contributed by atoms with Gasteiger partial charge in [0.05, 0.1) is 0 Å². The maximum absolute atomic E-state index is 6.13. The van der Waals surface area contributed by atoms with Crippen LogP contribution in [0.15, 0.2) is 29.0 Å². The van der Waals surface area contributed by atoms with Crippen LogP contribution in [0.1, 0.15) is 33.1 Å². The van der Waals surface area contributed by atoms with Gasteiger partial charge in [-0.3, -0.25) is 4.42 Å². The van der Waals surface area contributed by atoms with E-state index in [0.29, 0.717) is 0 Å². The van der Waals surface area contributed by atoms with Gasteiger partial charge in [0.2, 0.25) is 0 Å². The summed E-state index contributed by atoms with van der Waals surface area (Å²) in [6, 6.07) is 0. The fourth-order valence-corrected chi connectivity index (χ4v) is 1.74. The number of nitrogens with zero attached hydrogens (tertiary/aromatic N) is 2. The van der Waals surface area contributed by atoms with E-state index in [-0.39, 0.29) is 0 Å². The highest BCUT2D eigenvalue weighted by atomic mass is 35.5. The monoisotopic (exact) mass is 212 g/mol. The molecule has 0 aliphatic carbocycles. The van der Waals surface area contributed by atoms with Gasteiger partial charge in [0.25, 0.3) is 0 Å². The van der Waals surface area contributed by atoms with E-state index in [1.54, 1.807) is 4.42 Å². The number of aliphatic imine (C=N–C) groups is 1. The Morgan fingerprint density at radius 3 is 2.79 bits per heavy atom. The average Bonchev–Trinajstić information content (AvgIpc) is 2.29. The lowest BCUT2D eigenvalue weighted by Gasteiger charge is -2.15. The van der Waals surface area contributed by atoms with Gasteiger partial charge in [-0.15, -0.1) is 0 Å². The summed E-state index contributed by atoms with van der Waals surface area (Å²) in [5.74, 6) is 0.874. The van der Waals surface area contributed by atoms with Crippen LogP contribution in [0.2, 0.25) is 0 Å². The highest BCUT2D eigenvalue weighted by Crippen LogP contribution is 2.24. The lowest BCUT2D eigenvalue weighted by Crippen LogP contribution is -2.12. The molecule has 0 fully saturated rings. The van der Waals surface area contributed by atoms with Gasteiger partial charge in [-0.05, 0) is 38.7 Å². The second kappa shape index (κ2) is 5.20. The smallest absolute Gasteiger partial charge is 0.146 e. The van der Waals surface area contributed by atoms with Gasteiger partial charge >= 0.3 is 0 Å². The molecule has 78 valence electrons. The largest absolute Gasteiger partial charge is 0.269 e. The summed E-state index contributed by atoms with van der Waals surface area (Å²) in [6.07, 6.45) is 5.16. The van der Waals surface area contributed by atoms with Gasteiger partial charge in [-0.2, -0.15) is 0 Å². The van der Waals surface area contributed by atoms with E-state index in [1.807, 2.05) is 19.9 Å². The summed E-state index contributed by atoms with van der Waals surface area (Å²) < 4.78 is 1.71. The van der Waals surface area contributed by atoms with Crippen LogP contribution in [0.5, 0.6) is 0 Å². The minimum absolute atomic E-state index is 0.866. The molecule has 3 heteroatoms.